The molecule has 15 heavy (non-hydrogen) atoms. The third-order valence-electron chi connectivity index (χ3n) is 2.64. The zero-order valence-corrected chi connectivity index (χ0v) is 10.1. The van der Waals surface area contributed by atoms with Gasteiger partial charge >= 0.3 is 0 Å². The summed E-state index contributed by atoms with van der Waals surface area (Å²) in [5.41, 5.74) is 8.34. The van der Waals surface area contributed by atoms with E-state index >= 15 is 0 Å². The molecular weight excluding hydrogens is 186 g/mol. The molecule has 0 saturated heterocycles. The van der Waals surface area contributed by atoms with Gasteiger partial charge in [0.05, 0.1) is 7.11 Å². The first kappa shape index (κ1) is 12.1. The second-order valence-corrected chi connectivity index (χ2v) is 4.36. The van der Waals surface area contributed by atoms with Crippen molar-refractivity contribution in [3.8, 4) is 5.75 Å². The average molecular weight is 207 g/mol. The van der Waals surface area contributed by atoms with Crippen LogP contribution in [0.25, 0.3) is 0 Å². The maximum Gasteiger partial charge on any atom is 0.122 e. The van der Waals surface area contributed by atoms with Gasteiger partial charge in [-0.25, -0.2) is 0 Å². The summed E-state index contributed by atoms with van der Waals surface area (Å²) < 4.78 is 5.36. The fraction of sp³-hybridized carbons (Fsp3) is 0.538. The molecule has 0 aromatic heterocycles. The summed E-state index contributed by atoms with van der Waals surface area (Å²) in [4.78, 5) is 0. The van der Waals surface area contributed by atoms with Crippen LogP contribution in [0.5, 0.6) is 5.75 Å². The van der Waals surface area contributed by atoms with E-state index in [1.807, 2.05) is 13.0 Å². The van der Waals surface area contributed by atoms with Crippen LogP contribution in [-0.4, -0.2) is 13.2 Å². The molecule has 0 aliphatic rings. The molecule has 0 aliphatic heterocycles. The first-order chi connectivity index (χ1) is 7.04. The standard InChI is InChI=1S/C13H21NO/c1-9-5-6-13(15-4)12(7-9)10(2)8-11(3)14/h5-7,10-11H,8,14H2,1-4H3. The van der Waals surface area contributed by atoms with Crippen molar-refractivity contribution in [1.29, 1.82) is 0 Å². The second-order valence-electron chi connectivity index (χ2n) is 4.36. The zero-order chi connectivity index (χ0) is 11.4. The molecule has 0 amide bonds. The van der Waals surface area contributed by atoms with E-state index in [2.05, 4.69) is 26.0 Å². The lowest BCUT2D eigenvalue weighted by molar-refractivity contribution is 0.403. The van der Waals surface area contributed by atoms with Crippen LogP contribution in [0.4, 0.5) is 0 Å². The number of hydrogen-bond donors (Lipinski definition) is 1. The number of ether oxygens (including phenoxy) is 1. The normalized spacial score (nSPS) is 14.7. The summed E-state index contributed by atoms with van der Waals surface area (Å²) >= 11 is 0. The summed E-state index contributed by atoms with van der Waals surface area (Å²) in [6.07, 6.45) is 0.986. The van der Waals surface area contributed by atoms with Crippen molar-refractivity contribution in [3.05, 3.63) is 29.3 Å². The van der Waals surface area contributed by atoms with E-state index in [0.29, 0.717) is 5.92 Å². The number of nitrogens with two attached hydrogens (primary N) is 1. The first-order valence-electron chi connectivity index (χ1n) is 5.44. The summed E-state index contributed by atoms with van der Waals surface area (Å²) in [7, 11) is 1.72. The van der Waals surface area contributed by atoms with Crippen molar-refractivity contribution < 1.29 is 4.74 Å². The minimum atomic E-state index is 0.227. The van der Waals surface area contributed by atoms with Crippen molar-refractivity contribution >= 4 is 0 Å². The molecule has 0 fully saturated rings. The van der Waals surface area contributed by atoms with Gasteiger partial charge in [-0.1, -0.05) is 24.6 Å². The molecule has 1 aromatic rings. The van der Waals surface area contributed by atoms with E-state index < -0.39 is 0 Å². The van der Waals surface area contributed by atoms with Gasteiger partial charge in [0.25, 0.3) is 0 Å². The number of rotatable bonds is 4. The second kappa shape index (κ2) is 5.17. The third kappa shape index (κ3) is 3.24. The van der Waals surface area contributed by atoms with Crippen LogP contribution < -0.4 is 10.5 Å². The van der Waals surface area contributed by atoms with Crippen LogP contribution in [0.2, 0.25) is 0 Å². The molecule has 2 heteroatoms. The van der Waals surface area contributed by atoms with Gasteiger partial charge in [-0.15, -0.1) is 0 Å². The summed E-state index contributed by atoms with van der Waals surface area (Å²) in [5.74, 6) is 1.41. The maximum atomic E-state index is 5.82. The highest BCUT2D eigenvalue weighted by molar-refractivity contribution is 5.39. The molecule has 2 atom stereocenters. The first-order valence-corrected chi connectivity index (χ1v) is 5.44. The van der Waals surface area contributed by atoms with Crippen LogP contribution in [-0.2, 0) is 0 Å². The summed E-state index contributed by atoms with van der Waals surface area (Å²) in [6, 6.07) is 6.51. The van der Waals surface area contributed by atoms with Gasteiger partial charge in [-0.3, -0.25) is 0 Å². The Morgan fingerprint density at radius 1 is 1.33 bits per heavy atom. The number of aryl methyl sites for hydroxylation is 1. The van der Waals surface area contributed by atoms with E-state index in [1.54, 1.807) is 7.11 Å². The Labute approximate surface area is 92.4 Å². The maximum absolute atomic E-state index is 5.82. The van der Waals surface area contributed by atoms with Crippen LogP contribution in [0.15, 0.2) is 18.2 Å². The Morgan fingerprint density at radius 3 is 2.53 bits per heavy atom. The highest BCUT2D eigenvalue weighted by atomic mass is 16.5. The van der Waals surface area contributed by atoms with E-state index in [0.717, 1.165) is 12.2 Å². The topological polar surface area (TPSA) is 35.2 Å². The zero-order valence-electron chi connectivity index (χ0n) is 10.1. The Morgan fingerprint density at radius 2 is 2.00 bits per heavy atom. The van der Waals surface area contributed by atoms with Crippen molar-refractivity contribution in [1.82, 2.24) is 0 Å². The summed E-state index contributed by atoms with van der Waals surface area (Å²) in [6.45, 7) is 6.33. The lowest BCUT2D eigenvalue weighted by Gasteiger charge is -2.18. The van der Waals surface area contributed by atoms with E-state index in [1.165, 1.54) is 11.1 Å². The monoisotopic (exact) mass is 207 g/mol. The van der Waals surface area contributed by atoms with Crippen LogP contribution >= 0.6 is 0 Å². The molecule has 0 bridgehead atoms. The van der Waals surface area contributed by atoms with Crippen LogP contribution in [0.1, 0.15) is 37.3 Å². The smallest absolute Gasteiger partial charge is 0.122 e. The molecule has 1 aromatic carbocycles. The van der Waals surface area contributed by atoms with Gasteiger partial charge in [-0.05, 0) is 37.8 Å². The average Bonchev–Trinajstić information content (AvgIpc) is 2.16. The molecule has 2 unspecified atom stereocenters. The third-order valence-corrected chi connectivity index (χ3v) is 2.64. The Kier molecular flexibility index (Phi) is 4.15. The van der Waals surface area contributed by atoms with Crippen LogP contribution in [0, 0.1) is 6.92 Å². The lowest BCUT2D eigenvalue weighted by atomic mass is 9.93. The largest absolute Gasteiger partial charge is 0.496 e. The minimum absolute atomic E-state index is 0.227. The number of hydrogen-bond acceptors (Lipinski definition) is 2. The molecule has 0 radical (unpaired) electrons. The predicted molar refractivity (Wildman–Crippen MR) is 64.4 cm³/mol. The molecule has 0 saturated carbocycles. The van der Waals surface area contributed by atoms with Gasteiger partial charge in [-0.2, -0.15) is 0 Å². The fourth-order valence-electron chi connectivity index (χ4n) is 1.92. The van der Waals surface area contributed by atoms with Gasteiger partial charge < -0.3 is 10.5 Å². The molecule has 84 valence electrons. The van der Waals surface area contributed by atoms with Crippen molar-refractivity contribution in [2.75, 3.05) is 7.11 Å². The van der Waals surface area contributed by atoms with E-state index in [4.69, 9.17) is 10.5 Å². The Bertz CT molecular complexity index is 320. The van der Waals surface area contributed by atoms with Gasteiger partial charge in [0.15, 0.2) is 0 Å². The number of methoxy groups -OCH3 is 1. The fourth-order valence-corrected chi connectivity index (χ4v) is 1.92. The van der Waals surface area contributed by atoms with Crippen molar-refractivity contribution in [2.45, 2.75) is 39.2 Å². The van der Waals surface area contributed by atoms with Crippen LogP contribution in [0.3, 0.4) is 0 Å². The van der Waals surface area contributed by atoms with Gasteiger partial charge in [0.2, 0.25) is 0 Å². The molecule has 0 spiro atoms. The lowest BCUT2D eigenvalue weighted by Crippen LogP contribution is -2.17. The molecule has 2 N–H and O–H groups in total. The summed E-state index contributed by atoms with van der Waals surface area (Å²) in [5, 5.41) is 0. The minimum Gasteiger partial charge on any atom is -0.496 e. The molecule has 2 nitrogen and oxygen atoms in total. The van der Waals surface area contributed by atoms with Crippen molar-refractivity contribution in [2.24, 2.45) is 5.73 Å². The van der Waals surface area contributed by atoms with Gasteiger partial charge in [0.1, 0.15) is 5.75 Å². The highest BCUT2D eigenvalue weighted by Gasteiger charge is 2.13. The number of benzene rings is 1. The molecule has 1 rings (SSSR count). The molecule has 0 aliphatic carbocycles. The SMILES string of the molecule is COc1ccc(C)cc1C(C)CC(C)N. The van der Waals surface area contributed by atoms with Gasteiger partial charge in [0, 0.05) is 6.04 Å². The molecule has 0 heterocycles. The predicted octanol–water partition coefficient (Wildman–Crippen LogP) is 2.84. The van der Waals surface area contributed by atoms with E-state index in [-0.39, 0.29) is 6.04 Å². The van der Waals surface area contributed by atoms with Crippen molar-refractivity contribution in [3.63, 3.8) is 0 Å². The highest BCUT2D eigenvalue weighted by Crippen LogP contribution is 2.30. The Balaban J connectivity index is 2.94. The van der Waals surface area contributed by atoms with E-state index in [9.17, 15) is 0 Å². The molecular formula is C13H21NO. The quantitative estimate of drug-likeness (QED) is 0.824. The Hall–Kier alpha value is -1.02.